The van der Waals surface area contributed by atoms with Crippen LogP contribution in [0.5, 0.6) is 0 Å². The number of aromatic nitrogens is 4. The predicted octanol–water partition coefficient (Wildman–Crippen LogP) is 6.73. The third kappa shape index (κ3) is 7.13. The lowest BCUT2D eigenvalue weighted by Gasteiger charge is -2.33. The maximum absolute atomic E-state index is 14.2. The van der Waals surface area contributed by atoms with Crippen molar-refractivity contribution in [3.05, 3.63) is 120 Å². The summed E-state index contributed by atoms with van der Waals surface area (Å²) in [5.74, 6) is 1.48. The number of likely N-dealkylation sites (tertiary alicyclic amines) is 3. The predicted molar refractivity (Wildman–Crippen MR) is 204 cm³/mol. The van der Waals surface area contributed by atoms with Crippen molar-refractivity contribution < 1.29 is 19.1 Å². The van der Waals surface area contributed by atoms with Gasteiger partial charge in [0.15, 0.2) is 0 Å². The molecule has 0 aliphatic carbocycles. The Bertz CT molecular complexity index is 2060. The zero-order valence-corrected chi connectivity index (χ0v) is 30.5. The van der Waals surface area contributed by atoms with Gasteiger partial charge in [-0.15, -0.1) is 0 Å². The Labute approximate surface area is 314 Å². The Morgan fingerprint density at radius 2 is 1.17 bits per heavy atom. The molecule has 3 aliphatic rings. The van der Waals surface area contributed by atoms with Crippen molar-refractivity contribution in [1.82, 2.24) is 40.0 Å². The fraction of sp³-hybridized carbons (Fsp3) is 0.357. The third-order valence-corrected chi connectivity index (χ3v) is 11.1. The Morgan fingerprint density at radius 1 is 0.667 bits per heavy atom. The summed E-state index contributed by atoms with van der Waals surface area (Å²) in [6.07, 6.45) is 8.64. The lowest BCUT2D eigenvalue weighted by Crippen LogP contribution is -2.42. The monoisotopic (exact) mass is 726 g/mol. The van der Waals surface area contributed by atoms with E-state index < -0.39 is 12.1 Å². The van der Waals surface area contributed by atoms with Crippen molar-refractivity contribution in [3.8, 4) is 22.5 Å². The average Bonchev–Trinajstić information content (AvgIpc) is 4.07. The van der Waals surface area contributed by atoms with Gasteiger partial charge in [0.1, 0.15) is 23.7 Å². The number of H-pyrrole nitrogens is 2. The molecule has 0 radical (unpaired) electrons. The van der Waals surface area contributed by atoms with Gasteiger partial charge in [-0.25, -0.2) is 14.8 Å². The summed E-state index contributed by atoms with van der Waals surface area (Å²) in [4.78, 5) is 63.0. The topological polar surface area (TPSA) is 140 Å². The molecule has 2 aromatic heterocycles. The molecule has 3 amide bonds. The number of amides is 3. The average molecular weight is 727 g/mol. The molecule has 4 atom stereocenters. The quantitative estimate of drug-likeness (QED) is 0.145. The lowest BCUT2D eigenvalue weighted by molar-refractivity contribution is -0.138. The number of aromatic amines is 2. The maximum atomic E-state index is 14.2. The van der Waals surface area contributed by atoms with Gasteiger partial charge in [0.2, 0.25) is 5.91 Å². The summed E-state index contributed by atoms with van der Waals surface area (Å²) >= 11 is 0. The summed E-state index contributed by atoms with van der Waals surface area (Å²) in [5.41, 5.74) is 5.44. The standard InChI is InChI=1S/C42H46N8O4/c1-54-42(53)47-36(30-12-4-2-5-13-30)40(51)49-24-10-16-34(49)38-43-26-32(45-38)28-18-20-29(21-19-28)33-27-44-39(46-33)35-17-11-25-50(35)41(52)37(48-22-8-9-23-48)31-14-6-3-7-15-31/h2-7,12-15,18-21,26-27,34-37H,8-11,16-17,22-25H2,1H3,(H,43,45)(H,44,46)(H,47,53)/t34-,35-,36+,37+/m0/s1. The minimum atomic E-state index is -0.873. The highest BCUT2D eigenvalue weighted by Gasteiger charge is 2.40. The number of hydrogen-bond acceptors (Lipinski definition) is 7. The summed E-state index contributed by atoms with van der Waals surface area (Å²) < 4.78 is 4.83. The highest BCUT2D eigenvalue weighted by Crippen LogP contribution is 2.37. The number of rotatable bonds is 10. The number of imidazole rings is 2. The molecule has 0 unspecified atom stereocenters. The molecule has 54 heavy (non-hydrogen) atoms. The first-order valence-electron chi connectivity index (χ1n) is 19.0. The van der Waals surface area contributed by atoms with Gasteiger partial charge in [-0.1, -0.05) is 84.9 Å². The van der Waals surface area contributed by atoms with E-state index in [9.17, 15) is 14.4 Å². The summed E-state index contributed by atoms with van der Waals surface area (Å²) in [7, 11) is 1.29. The number of carbonyl (C=O) groups excluding carboxylic acids is 3. The number of nitrogens with zero attached hydrogens (tertiary/aromatic N) is 5. The molecule has 8 rings (SSSR count). The van der Waals surface area contributed by atoms with E-state index in [0.717, 1.165) is 92.1 Å². The third-order valence-electron chi connectivity index (χ3n) is 11.1. The molecule has 0 saturated carbocycles. The van der Waals surface area contributed by atoms with E-state index in [1.54, 1.807) is 11.1 Å². The molecule has 0 bridgehead atoms. The van der Waals surface area contributed by atoms with Gasteiger partial charge in [-0.3, -0.25) is 14.5 Å². The fourth-order valence-corrected chi connectivity index (χ4v) is 8.34. The van der Waals surface area contributed by atoms with Gasteiger partial charge < -0.3 is 29.8 Å². The molecule has 3 saturated heterocycles. The van der Waals surface area contributed by atoms with Crippen LogP contribution in [0.15, 0.2) is 97.3 Å². The normalized spacial score (nSPS) is 19.9. The van der Waals surface area contributed by atoms with Gasteiger partial charge in [0, 0.05) is 13.1 Å². The van der Waals surface area contributed by atoms with Crippen LogP contribution in [0.2, 0.25) is 0 Å². The van der Waals surface area contributed by atoms with Crippen molar-refractivity contribution in [2.24, 2.45) is 0 Å². The SMILES string of the molecule is COC(=O)N[C@@H](C(=O)N1CCC[C@H]1c1ncc(-c2ccc(-c3cnc([C@@H]4CCCN4C(=O)[C@@H](c4ccccc4)N4CCCC4)[nH]3)cc2)[nH]1)c1ccccc1. The van der Waals surface area contributed by atoms with Gasteiger partial charge in [-0.2, -0.15) is 0 Å². The molecule has 5 aromatic rings. The molecule has 3 aromatic carbocycles. The largest absolute Gasteiger partial charge is 0.453 e. The summed E-state index contributed by atoms with van der Waals surface area (Å²) in [6, 6.07) is 26.1. The second-order valence-electron chi connectivity index (χ2n) is 14.4. The first-order valence-corrected chi connectivity index (χ1v) is 19.0. The van der Waals surface area contributed by atoms with Gasteiger partial charge in [0.25, 0.3) is 5.91 Å². The Kier molecular flexibility index (Phi) is 10.3. The van der Waals surface area contributed by atoms with Crippen LogP contribution in [0, 0.1) is 0 Å². The molecular weight excluding hydrogens is 681 g/mol. The molecule has 3 fully saturated rings. The van der Waals surface area contributed by atoms with Crippen LogP contribution in [0.4, 0.5) is 4.79 Å². The molecular formula is C42H46N8O4. The zero-order valence-electron chi connectivity index (χ0n) is 30.5. The number of methoxy groups -OCH3 is 1. The molecule has 12 nitrogen and oxygen atoms in total. The smallest absolute Gasteiger partial charge is 0.407 e. The van der Waals surface area contributed by atoms with E-state index in [-0.39, 0.29) is 29.9 Å². The van der Waals surface area contributed by atoms with Crippen LogP contribution in [-0.2, 0) is 14.3 Å². The van der Waals surface area contributed by atoms with Crippen LogP contribution in [0.1, 0.15) is 85.5 Å². The second kappa shape index (κ2) is 15.7. The van der Waals surface area contributed by atoms with Crippen molar-refractivity contribution in [1.29, 1.82) is 0 Å². The Balaban J connectivity index is 0.959. The van der Waals surface area contributed by atoms with E-state index >= 15 is 0 Å². The highest BCUT2D eigenvalue weighted by atomic mass is 16.5. The number of nitrogens with one attached hydrogen (secondary N) is 3. The van der Waals surface area contributed by atoms with Crippen molar-refractivity contribution in [2.75, 3.05) is 33.3 Å². The van der Waals surface area contributed by atoms with E-state index in [4.69, 9.17) is 14.7 Å². The van der Waals surface area contributed by atoms with Crippen LogP contribution in [-0.4, -0.2) is 85.8 Å². The van der Waals surface area contributed by atoms with E-state index in [1.165, 1.54) is 7.11 Å². The first-order chi connectivity index (χ1) is 26.5. The second-order valence-corrected chi connectivity index (χ2v) is 14.4. The number of hydrogen-bond donors (Lipinski definition) is 3. The van der Waals surface area contributed by atoms with Crippen LogP contribution >= 0.6 is 0 Å². The van der Waals surface area contributed by atoms with Crippen LogP contribution < -0.4 is 5.32 Å². The highest BCUT2D eigenvalue weighted by molar-refractivity contribution is 5.87. The summed E-state index contributed by atoms with van der Waals surface area (Å²) in [5, 5.41) is 2.72. The van der Waals surface area contributed by atoms with Crippen LogP contribution in [0.3, 0.4) is 0 Å². The van der Waals surface area contributed by atoms with Gasteiger partial charge >= 0.3 is 6.09 Å². The fourth-order valence-electron chi connectivity index (χ4n) is 8.34. The van der Waals surface area contributed by atoms with Crippen molar-refractivity contribution in [3.63, 3.8) is 0 Å². The van der Waals surface area contributed by atoms with E-state index in [1.807, 2.05) is 71.8 Å². The lowest BCUT2D eigenvalue weighted by atomic mass is 10.0. The van der Waals surface area contributed by atoms with Crippen molar-refractivity contribution >= 4 is 17.9 Å². The number of ether oxygens (including phenoxy) is 1. The molecule has 3 aliphatic heterocycles. The number of carbonyl (C=O) groups is 3. The Morgan fingerprint density at radius 3 is 1.69 bits per heavy atom. The van der Waals surface area contributed by atoms with Crippen LogP contribution in [0.25, 0.3) is 22.5 Å². The zero-order chi connectivity index (χ0) is 37.0. The number of alkyl carbamates (subject to hydrolysis) is 1. The van der Waals surface area contributed by atoms with Crippen molar-refractivity contribution in [2.45, 2.75) is 62.7 Å². The van der Waals surface area contributed by atoms with E-state index in [2.05, 4.69) is 44.5 Å². The summed E-state index contributed by atoms with van der Waals surface area (Å²) in [6.45, 7) is 3.16. The maximum Gasteiger partial charge on any atom is 0.407 e. The number of benzene rings is 3. The van der Waals surface area contributed by atoms with E-state index in [0.29, 0.717) is 17.9 Å². The molecule has 0 spiro atoms. The minimum absolute atomic E-state index is 0.0935. The first kappa shape index (κ1) is 35.3. The molecule has 5 heterocycles. The minimum Gasteiger partial charge on any atom is -0.453 e. The van der Waals surface area contributed by atoms with Gasteiger partial charge in [0.05, 0.1) is 43.0 Å². The molecule has 12 heteroatoms. The molecule has 3 N–H and O–H groups in total. The Hall–Kier alpha value is -5.75. The van der Waals surface area contributed by atoms with Gasteiger partial charge in [-0.05, 0) is 73.9 Å². The molecule has 278 valence electrons.